The summed E-state index contributed by atoms with van der Waals surface area (Å²) in [4.78, 5) is 2.41. The number of ether oxygens (including phenoxy) is 1. The van der Waals surface area contributed by atoms with Crippen molar-refractivity contribution in [3.63, 3.8) is 0 Å². The lowest BCUT2D eigenvalue weighted by molar-refractivity contribution is 0.363. The molecule has 4 rings (SSSR count). The number of fused-ring (bicyclic) bond motifs is 1. The van der Waals surface area contributed by atoms with Crippen molar-refractivity contribution in [2.45, 2.75) is 29.2 Å². The maximum atomic E-state index is 12.9. The van der Waals surface area contributed by atoms with Crippen molar-refractivity contribution in [2.24, 2.45) is 0 Å². The van der Waals surface area contributed by atoms with E-state index in [1.54, 1.807) is 6.20 Å². The minimum atomic E-state index is -9.80. The summed E-state index contributed by atoms with van der Waals surface area (Å²) in [6.07, 6.45) is 3.41. The van der Waals surface area contributed by atoms with Gasteiger partial charge < -0.3 is 9.30 Å². The standard InChI is InChI=1S/C19H18F5N3O3S2/c1-25-31(28,29)14-6-9-18(16(11-14)17-12-27-10-2-3-19(27)26-17)30-13-4-7-15(8-5-13)32(20,21,22,23)24/h4-9,11-12,25H,2-3,10H2,1H3. The Morgan fingerprint density at radius 3 is 2.34 bits per heavy atom. The number of aromatic nitrogens is 2. The van der Waals surface area contributed by atoms with Gasteiger partial charge in [0.15, 0.2) is 0 Å². The van der Waals surface area contributed by atoms with E-state index in [0.717, 1.165) is 37.3 Å². The molecule has 0 unspecified atom stereocenters. The van der Waals surface area contributed by atoms with Crippen LogP contribution in [-0.2, 0) is 23.0 Å². The van der Waals surface area contributed by atoms with Crippen molar-refractivity contribution in [1.29, 1.82) is 0 Å². The van der Waals surface area contributed by atoms with E-state index < -0.39 is 25.1 Å². The first kappa shape index (κ1) is 22.6. The molecule has 6 nitrogen and oxygen atoms in total. The smallest absolute Gasteiger partial charge is 0.310 e. The molecule has 1 N–H and O–H groups in total. The minimum absolute atomic E-state index is 0.0632. The largest absolute Gasteiger partial charge is 0.457 e. The summed E-state index contributed by atoms with van der Waals surface area (Å²) in [6.45, 7) is 0.753. The van der Waals surface area contributed by atoms with Crippen LogP contribution in [0, 0.1) is 0 Å². The van der Waals surface area contributed by atoms with Gasteiger partial charge in [-0.05, 0) is 55.9 Å². The quantitative estimate of drug-likeness (QED) is 0.435. The van der Waals surface area contributed by atoms with E-state index in [2.05, 4.69) is 9.71 Å². The van der Waals surface area contributed by atoms with Crippen LogP contribution in [0.2, 0.25) is 0 Å². The Morgan fingerprint density at radius 1 is 1.06 bits per heavy atom. The molecule has 0 fully saturated rings. The number of halogens is 5. The lowest BCUT2D eigenvalue weighted by Gasteiger charge is -2.40. The van der Waals surface area contributed by atoms with E-state index in [4.69, 9.17) is 4.74 Å². The second-order valence-electron chi connectivity index (χ2n) is 7.25. The monoisotopic (exact) mass is 495 g/mol. The van der Waals surface area contributed by atoms with E-state index in [0.29, 0.717) is 11.3 Å². The van der Waals surface area contributed by atoms with Crippen molar-refractivity contribution in [1.82, 2.24) is 14.3 Å². The molecule has 0 aliphatic carbocycles. The zero-order valence-electron chi connectivity index (χ0n) is 16.6. The first-order valence-corrected chi connectivity index (χ1v) is 12.8. The number of sulfonamides is 1. The van der Waals surface area contributed by atoms with Crippen LogP contribution in [0.4, 0.5) is 19.4 Å². The Bertz CT molecular complexity index is 1280. The number of rotatable bonds is 6. The van der Waals surface area contributed by atoms with Crippen LogP contribution in [0.15, 0.2) is 58.5 Å². The summed E-state index contributed by atoms with van der Waals surface area (Å²) in [7, 11) is -12.3. The van der Waals surface area contributed by atoms with Crippen LogP contribution in [0.25, 0.3) is 11.3 Å². The Kier molecular flexibility index (Phi) is 4.71. The first-order chi connectivity index (χ1) is 14.7. The third kappa shape index (κ3) is 4.45. The topological polar surface area (TPSA) is 73.2 Å². The van der Waals surface area contributed by atoms with Crippen LogP contribution in [0.1, 0.15) is 12.2 Å². The fourth-order valence-corrected chi connectivity index (χ4v) is 4.77. The molecule has 1 aliphatic heterocycles. The highest BCUT2D eigenvalue weighted by Crippen LogP contribution is 3.02. The molecule has 32 heavy (non-hydrogen) atoms. The Labute approximate surface area is 180 Å². The lowest BCUT2D eigenvalue weighted by Crippen LogP contribution is -2.18. The van der Waals surface area contributed by atoms with Crippen LogP contribution >= 0.6 is 10.2 Å². The molecule has 0 atom stereocenters. The fourth-order valence-electron chi connectivity index (χ4n) is 3.36. The van der Waals surface area contributed by atoms with Gasteiger partial charge in [0, 0.05) is 24.7 Å². The molecule has 0 saturated carbocycles. The molecular weight excluding hydrogens is 477 g/mol. The molecule has 2 aromatic carbocycles. The third-order valence-corrected chi connectivity index (χ3v) is 7.54. The zero-order chi connectivity index (χ0) is 23.4. The Morgan fingerprint density at radius 2 is 1.75 bits per heavy atom. The molecule has 2 heterocycles. The predicted octanol–water partition coefficient (Wildman–Crippen LogP) is 5.85. The number of nitrogens with one attached hydrogen (secondary N) is 1. The van der Waals surface area contributed by atoms with Crippen LogP contribution in [0.3, 0.4) is 0 Å². The van der Waals surface area contributed by atoms with Crippen molar-refractivity contribution < 1.29 is 32.6 Å². The maximum Gasteiger partial charge on any atom is 0.310 e. The molecule has 0 amide bonds. The Balaban J connectivity index is 1.75. The van der Waals surface area contributed by atoms with Crippen molar-refractivity contribution in [3.8, 4) is 22.8 Å². The molecule has 174 valence electrons. The number of imidazole rings is 1. The number of aryl methyl sites for hydroxylation is 2. The van der Waals surface area contributed by atoms with Crippen molar-refractivity contribution in [3.05, 3.63) is 54.5 Å². The van der Waals surface area contributed by atoms with Gasteiger partial charge in [-0.15, -0.1) is 0 Å². The van der Waals surface area contributed by atoms with Crippen LogP contribution in [0.5, 0.6) is 11.5 Å². The lowest BCUT2D eigenvalue weighted by atomic mass is 10.1. The van der Waals surface area contributed by atoms with Gasteiger partial charge in [0.05, 0.1) is 10.6 Å². The van der Waals surface area contributed by atoms with Gasteiger partial charge in [-0.25, -0.2) is 18.1 Å². The summed E-state index contributed by atoms with van der Waals surface area (Å²) in [5, 5.41) is 0. The second kappa shape index (κ2) is 6.68. The maximum absolute atomic E-state index is 12.9. The van der Waals surface area contributed by atoms with E-state index in [1.807, 2.05) is 4.57 Å². The van der Waals surface area contributed by atoms with E-state index in [9.17, 15) is 27.8 Å². The molecule has 0 spiro atoms. The third-order valence-electron chi connectivity index (χ3n) is 4.96. The SMILES string of the molecule is CNS(=O)(=O)c1ccc(Oc2ccc(S(F)(F)(F)(F)F)cc2)c(-c2cn3c(n2)CCC3)c1. The number of benzene rings is 2. The van der Waals surface area contributed by atoms with E-state index in [-0.39, 0.29) is 28.5 Å². The van der Waals surface area contributed by atoms with E-state index in [1.165, 1.54) is 25.2 Å². The molecule has 13 heteroatoms. The van der Waals surface area contributed by atoms with Crippen molar-refractivity contribution in [2.75, 3.05) is 7.05 Å². The predicted molar refractivity (Wildman–Crippen MR) is 110 cm³/mol. The second-order valence-corrected chi connectivity index (χ2v) is 11.5. The summed E-state index contributed by atoms with van der Waals surface area (Å²) in [5.41, 5.74) is 0.714. The average Bonchev–Trinajstić information content (AvgIpc) is 3.29. The zero-order valence-corrected chi connectivity index (χ0v) is 18.2. The molecular formula is C19H18F5N3O3S2. The molecule has 3 aromatic rings. The minimum Gasteiger partial charge on any atom is -0.457 e. The van der Waals surface area contributed by atoms with Gasteiger partial charge >= 0.3 is 10.2 Å². The number of hydrogen-bond acceptors (Lipinski definition) is 4. The fraction of sp³-hybridized carbons (Fsp3) is 0.211. The van der Waals surface area contributed by atoms with E-state index >= 15 is 0 Å². The van der Waals surface area contributed by atoms with Crippen molar-refractivity contribution >= 4 is 20.2 Å². The van der Waals surface area contributed by atoms with Gasteiger partial charge in [0.1, 0.15) is 22.2 Å². The van der Waals surface area contributed by atoms with Gasteiger partial charge in [-0.2, -0.15) is 0 Å². The molecule has 0 bridgehead atoms. The highest BCUT2D eigenvalue weighted by atomic mass is 32.5. The van der Waals surface area contributed by atoms with Crippen LogP contribution < -0.4 is 9.46 Å². The highest BCUT2D eigenvalue weighted by Gasteiger charge is 2.65. The van der Waals surface area contributed by atoms with Gasteiger partial charge in [0.25, 0.3) is 0 Å². The summed E-state index contributed by atoms with van der Waals surface area (Å²) in [5.74, 6) is 0.790. The molecule has 1 aromatic heterocycles. The van der Waals surface area contributed by atoms with Gasteiger partial charge in [-0.3, -0.25) is 0 Å². The first-order valence-electron chi connectivity index (χ1n) is 9.32. The summed E-state index contributed by atoms with van der Waals surface area (Å²) in [6, 6.07) is 6.00. The van der Waals surface area contributed by atoms with Gasteiger partial charge in [-0.1, -0.05) is 19.4 Å². The molecule has 0 saturated heterocycles. The highest BCUT2D eigenvalue weighted by molar-refractivity contribution is 8.45. The number of nitrogens with zero attached hydrogens (tertiary/aromatic N) is 2. The Hall–Kier alpha value is -2.64. The van der Waals surface area contributed by atoms with Crippen LogP contribution in [-0.4, -0.2) is 25.0 Å². The summed E-state index contributed by atoms with van der Waals surface area (Å²) < 4.78 is 99.0. The molecule has 1 aliphatic rings. The van der Waals surface area contributed by atoms with Gasteiger partial charge in [0.2, 0.25) is 10.0 Å². The number of hydrogen-bond donors (Lipinski definition) is 1. The average molecular weight is 495 g/mol. The molecule has 0 radical (unpaired) electrons. The summed E-state index contributed by atoms with van der Waals surface area (Å²) >= 11 is 0. The normalized spacial score (nSPS) is 16.3.